The number of ether oxygens (including phenoxy) is 1. The molecule has 0 atom stereocenters. The molecule has 0 aromatic heterocycles. The molecular formula is C11H21NO2. The number of nitrogens with one attached hydrogen (secondary N) is 1. The quantitative estimate of drug-likeness (QED) is 0.524. The van der Waals surface area contributed by atoms with Crippen molar-refractivity contribution in [2.24, 2.45) is 0 Å². The zero-order chi connectivity index (χ0) is 10.4. The molecule has 1 aliphatic carbocycles. The summed E-state index contributed by atoms with van der Waals surface area (Å²) in [5.41, 5.74) is 0.399. The first-order valence-corrected chi connectivity index (χ1v) is 5.54. The van der Waals surface area contributed by atoms with E-state index in [4.69, 9.17) is 0 Å². The van der Waals surface area contributed by atoms with E-state index in [9.17, 15) is 4.79 Å². The Labute approximate surface area is 86.2 Å². The Hall–Kier alpha value is -0.570. The van der Waals surface area contributed by atoms with Gasteiger partial charge in [-0.15, -0.1) is 0 Å². The third-order valence-corrected chi connectivity index (χ3v) is 3.27. The molecule has 14 heavy (non-hydrogen) atoms. The number of methoxy groups -OCH3 is 1. The minimum atomic E-state index is -0.106. The monoisotopic (exact) mass is 199 g/mol. The Kier molecular flexibility index (Phi) is 4.39. The Morgan fingerprint density at radius 2 is 2.21 bits per heavy atom. The molecule has 0 bridgehead atoms. The molecule has 0 saturated heterocycles. The largest absolute Gasteiger partial charge is 0.469 e. The van der Waals surface area contributed by atoms with Crippen molar-refractivity contribution >= 4 is 5.97 Å². The van der Waals surface area contributed by atoms with Gasteiger partial charge in [0.15, 0.2) is 0 Å². The molecule has 1 aliphatic rings. The summed E-state index contributed by atoms with van der Waals surface area (Å²) in [6, 6.07) is 0. The van der Waals surface area contributed by atoms with Gasteiger partial charge in [-0.1, -0.05) is 6.92 Å². The first-order valence-electron chi connectivity index (χ1n) is 5.54. The van der Waals surface area contributed by atoms with Crippen molar-refractivity contribution in [1.82, 2.24) is 5.32 Å². The van der Waals surface area contributed by atoms with Crippen molar-refractivity contribution in [1.29, 1.82) is 0 Å². The van der Waals surface area contributed by atoms with Crippen molar-refractivity contribution in [2.45, 2.75) is 51.0 Å². The molecule has 0 radical (unpaired) electrons. The summed E-state index contributed by atoms with van der Waals surface area (Å²) in [5, 5.41) is 3.55. The standard InChI is InChI=1S/C11H21NO2/c1-3-11(7-5-8-11)12-9-4-6-10(13)14-2/h12H,3-9H2,1-2H3. The van der Waals surface area contributed by atoms with Gasteiger partial charge in [-0.25, -0.2) is 0 Å². The van der Waals surface area contributed by atoms with Crippen LogP contribution in [0, 0.1) is 0 Å². The smallest absolute Gasteiger partial charge is 0.305 e. The number of carbonyl (C=O) groups excluding carboxylic acids is 1. The van der Waals surface area contributed by atoms with Crippen LogP contribution >= 0.6 is 0 Å². The molecule has 1 rings (SSSR count). The Balaban J connectivity index is 2.05. The van der Waals surface area contributed by atoms with E-state index >= 15 is 0 Å². The van der Waals surface area contributed by atoms with Gasteiger partial charge in [-0.2, -0.15) is 0 Å². The van der Waals surface area contributed by atoms with Gasteiger partial charge in [0.1, 0.15) is 0 Å². The van der Waals surface area contributed by atoms with E-state index in [0.29, 0.717) is 12.0 Å². The van der Waals surface area contributed by atoms with Crippen LogP contribution in [0.15, 0.2) is 0 Å². The fraction of sp³-hybridized carbons (Fsp3) is 0.909. The number of rotatable bonds is 6. The lowest BCUT2D eigenvalue weighted by Crippen LogP contribution is -2.50. The summed E-state index contributed by atoms with van der Waals surface area (Å²) in [6.07, 6.45) is 6.55. The summed E-state index contributed by atoms with van der Waals surface area (Å²) in [7, 11) is 1.44. The molecule has 3 nitrogen and oxygen atoms in total. The highest BCUT2D eigenvalue weighted by molar-refractivity contribution is 5.69. The SMILES string of the molecule is CCC1(NCCCC(=O)OC)CCC1. The number of hydrogen-bond donors (Lipinski definition) is 1. The van der Waals surface area contributed by atoms with Crippen LogP contribution in [0.2, 0.25) is 0 Å². The van der Waals surface area contributed by atoms with Gasteiger partial charge >= 0.3 is 5.97 Å². The van der Waals surface area contributed by atoms with Crippen LogP contribution in [-0.4, -0.2) is 25.2 Å². The van der Waals surface area contributed by atoms with Crippen molar-refractivity contribution in [3.63, 3.8) is 0 Å². The normalized spacial score (nSPS) is 18.7. The molecule has 0 aliphatic heterocycles. The molecule has 0 spiro atoms. The predicted molar refractivity (Wildman–Crippen MR) is 56.1 cm³/mol. The molecule has 1 N–H and O–H groups in total. The zero-order valence-electron chi connectivity index (χ0n) is 9.27. The lowest BCUT2D eigenvalue weighted by molar-refractivity contribution is -0.140. The Morgan fingerprint density at radius 1 is 1.50 bits per heavy atom. The molecule has 3 heteroatoms. The van der Waals surface area contributed by atoms with E-state index in [1.165, 1.54) is 32.8 Å². The van der Waals surface area contributed by atoms with Gasteiger partial charge in [-0.05, 0) is 38.6 Å². The fourth-order valence-electron chi connectivity index (χ4n) is 1.95. The zero-order valence-corrected chi connectivity index (χ0v) is 9.27. The van der Waals surface area contributed by atoms with Crippen molar-refractivity contribution in [2.75, 3.05) is 13.7 Å². The lowest BCUT2D eigenvalue weighted by Gasteiger charge is -2.42. The van der Waals surface area contributed by atoms with Gasteiger partial charge in [0.05, 0.1) is 7.11 Å². The highest BCUT2D eigenvalue weighted by Crippen LogP contribution is 2.34. The van der Waals surface area contributed by atoms with E-state index < -0.39 is 0 Å². The van der Waals surface area contributed by atoms with Gasteiger partial charge < -0.3 is 10.1 Å². The van der Waals surface area contributed by atoms with Crippen molar-refractivity contribution in [3.8, 4) is 0 Å². The molecular weight excluding hydrogens is 178 g/mol. The summed E-state index contributed by atoms with van der Waals surface area (Å²) >= 11 is 0. The lowest BCUT2D eigenvalue weighted by atomic mass is 9.75. The third kappa shape index (κ3) is 2.98. The van der Waals surface area contributed by atoms with Crippen molar-refractivity contribution in [3.05, 3.63) is 0 Å². The van der Waals surface area contributed by atoms with E-state index in [2.05, 4.69) is 17.0 Å². The average molecular weight is 199 g/mol. The first kappa shape index (κ1) is 11.5. The first-order chi connectivity index (χ1) is 6.72. The third-order valence-electron chi connectivity index (χ3n) is 3.27. The van der Waals surface area contributed by atoms with E-state index in [0.717, 1.165) is 13.0 Å². The molecule has 0 unspecified atom stereocenters. The fourth-order valence-corrected chi connectivity index (χ4v) is 1.95. The molecule has 0 aromatic carbocycles. The van der Waals surface area contributed by atoms with Crippen LogP contribution in [0.4, 0.5) is 0 Å². The van der Waals surface area contributed by atoms with Gasteiger partial charge in [0.25, 0.3) is 0 Å². The van der Waals surface area contributed by atoms with Crippen molar-refractivity contribution < 1.29 is 9.53 Å². The van der Waals surface area contributed by atoms with Crippen LogP contribution in [0.3, 0.4) is 0 Å². The molecule has 0 aromatic rings. The van der Waals surface area contributed by atoms with E-state index in [-0.39, 0.29) is 5.97 Å². The summed E-state index contributed by atoms with van der Waals surface area (Å²) < 4.78 is 4.58. The van der Waals surface area contributed by atoms with Crippen LogP contribution in [0.5, 0.6) is 0 Å². The Morgan fingerprint density at radius 3 is 2.64 bits per heavy atom. The number of esters is 1. The highest BCUT2D eigenvalue weighted by Gasteiger charge is 2.33. The van der Waals surface area contributed by atoms with E-state index in [1.807, 2.05) is 0 Å². The summed E-state index contributed by atoms with van der Waals surface area (Å²) in [6.45, 7) is 3.16. The maximum absolute atomic E-state index is 10.8. The minimum absolute atomic E-state index is 0.106. The maximum Gasteiger partial charge on any atom is 0.305 e. The van der Waals surface area contributed by atoms with E-state index in [1.54, 1.807) is 0 Å². The molecule has 0 heterocycles. The minimum Gasteiger partial charge on any atom is -0.469 e. The molecule has 82 valence electrons. The summed E-state index contributed by atoms with van der Waals surface area (Å²) in [5.74, 6) is -0.106. The number of hydrogen-bond acceptors (Lipinski definition) is 3. The highest BCUT2D eigenvalue weighted by atomic mass is 16.5. The number of carbonyl (C=O) groups is 1. The van der Waals surface area contributed by atoms with Gasteiger partial charge in [0, 0.05) is 12.0 Å². The molecule has 0 amide bonds. The van der Waals surface area contributed by atoms with Crippen LogP contribution < -0.4 is 5.32 Å². The summed E-state index contributed by atoms with van der Waals surface area (Å²) in [4.78, 5) is 10.8. The second-order valence-corrected chi connectivity index (χ2v) is 4.09. The molecule has 1 saturated carbocycles. The van der Waals surface area contributed by atoms with Crippen LogP contribution in [-0.2, 0) is 9.53 Å². The second kappa shape index (κ2) is 5.35. The van der Waals surface area contributed by atoms with Gasteiger partial charge in [-0.3, -0.25) is 4.79 Å². The maximum atomic E-state index is 10.8. The predicted octanol–water partition coefficient (Wildman–Crippen LogP) is 1.86. The van der Waals surface area contributed by atoms with Gasteiger partial charge in [0.2, 0.25) is 0 Å². The Bertz CT molecular complexity index is 182. The van der Waals surface area contributed by atoms with Crippen LogP contribution in [0.1, 0.15) is 45.4 Å². The average Bonchev–Trinajstić information content (AvgIpc) is 2.15. The molecule has 1 fully saturated rings. The topological polar surface area (TPSA) is 38.3 Å². The van der Waals surface area contributed by atoms with Crippen LogP contribution in [0.25, 0.3) is 0 Å². The second-order valence-electron chi connectivity index (χ2n) is 4.09.